The monoisotopic (exact) mass is 276 g/mol. The quantitative estimate of drug-likeness (QED) is 0.771. The molecular formula is C16H24N2O2. The number of ether oxygens (including phenoxy) is 1. The molecule has 0 spiro atoms. The van der Waals surface area contributed by atoms with Crippen molar-refractivity contribution in [2.45, 2.75) is 31.3 Å². The fraction of sp³-hybridized carbons (Fsp3) is 0.562. The third-order valence-corrected chi connectivity index (χ3v) is 4.14. The molecule has 4 heteroatoms. The summed E-state index contributed by atoms with van der Waals surface area (Å²) in [5, 5.41) is 3.21. The molecule has 1 aliphatic carbocycles. The molecule has 2 rings (SSSR count). The van der Waals surface area contributed by atoms with Gasteiger partial charge in [0.15, 0.2) is 5.54 Å². The zero-order chi connectivity index (χ0) is 14.6. The number of carbonyl (C=O) groups excluding carboxylic acids is 1. The van der Waals surface area contributed by atoms with Crippen LogP contribution in [0.4, 0.5) is 0 Å². The van der Waals surface area contributed by atoms with Gasteiger partial charge in [0.05, 0.1) is 7.11 Å². The third-order valence-electron chi connectivity index (χ3n) is 4.14. The normalized spacial score (nSPS) is 17.8. The van der Waals surface area contributed by atoms with Gasteiger partial charge < -0.3 is 10.1 Å². The SMILES string of the molecule is CCN(CC(NC)(C(=O)OC)c1ccccc1)C1CC1. The van der Waals surface area contributed by atoms with Crippen LogP contribution in [0.1, 0.15) is 25.3 Å². The fourth-order valence-electron chi connectivity index (χ4n) is 2.74. The Morgan fingerprint density at radius 1 is 1.40 bits per heavy atom. The molecule has 1 unspecified atom stereocenters. The Bertz CT molecular complexity index is 445. The summed E-state index contributed by atoms with van der Waals surface area (Å²) in [6, 6.07) is 10.4. The number of hydrogen-bond donors (Lipinski definition) is 1. The Hall–Kier alpha value is -1.39. The van der Waals surface area contributed by atoms with E-state index in [1.807, 2.05) is 37.4 Å². The fourth-order valence-corrected chi connectivity index (χ4v) is 2.74. The average molecular weight is 276 g/mol. The van der Waals surface area contributed by atoms with Crippen LogP contribution in [0.3, 0.4) is 0 Å². The van der Waals surface area contributed by atoms with E-state index in [-0.39, 0.29) is 5.97 Å². The van der Waals surface area contributed by atoms with Crippen LogP contribution in [0, 0.1) is 0 Å². The number of benzene rings is 1. The van der Waals surface area contributed by atoms with E-state index in [4.69, 9.17) is 4.74 Å². The number of likely N-dealkylation sites (N-methyl/N-ethyl adjacent to an activating group) is 2. The minimum atomic E-state index is -0.797. The van der Waals surface area contributed by atoms with Crippen LogP contribution in [-0.4, -0.2) is 44.2 Å². The summed E-state index contributed by atoms with van der Waals surface area (Å²) < 4.78 is 5.08. The molecule has 0 amide bonds. The van der Waals surface area contributed by atoms with Crippen molar-refractivity contribution in [3.8, 4) is 0 Å². The Balaban J connectivity index is 2.34. The summed E-state index contributed by atoms with van der Waals surface area (Å²) in [5.41, 5.74) is 0.155. The van der Waals surface area contributed by atoms with Crippen LogP contribution in [0.25, 0.3) is 0 Å². The summed E-state index contributed by atoms with van der Waals surface area (Å²) >= 11 is 0. The lowest BCUT2D eigenvalue weighted by molar-refractivity contribution is -0.150. The molecule has 1 N–H and O–H groups in total. The minimum absolute atomic E-state index is 0.231. The van der Waals surface area contributed by atoms with E-state index in [0.29, 0.717) is 12.6 Å². The van der Waals surface area contributed by atoms with Gasteiger partial charge in [-0.15, -0.1) is 0 Å². The van der Waals surface area contributed by atoms with Gasteiger partial charge in [0, 0.05) is 12.6 Å². The Labute approximate surface area is 121 Å². The van der Waals surface area contributed by atoms with E-state index >= 15 is 0 Å². The second-order valence-corrected chi connectivity index (χ2v) is 5.31. The van der Waals surface area contributed by atoms with Crippen molar-refractivity contribution in [2.24, 2.45) is 0 Å². The van der Waals surface area contributed by atoms with Gasteiger partial charge in [-0.25, -0.2) is 4.79 Å². The lowest BCUT2D eigenvalue weighted by Crippen LogP contribution is -2.56. The third kappa shape index (κ3) is 2.86. The molecule has 1 aromatic carbocycles. The molecule has 4 nitrogen and oxygen atoms in total. The molecule has 1 atom stereocenters. The highest BCUT2D eigenvalue weighted by Crippen LogP contribution is 2.31. The standard InChI is InChI=1S/C16H24N2O2/c1-4-18(14-10-11-14)12-16(17-2,15(19)20-3)13-8-6-5-7-9-13/h5-9,14,17H,4,10-12H2,1-3H3. The van der Waals surface area contributed by atoms with Crippen molar-refractivity contribution >= 4 is 5.97 Å². The van der Waals surface area contributed by atoms with Crippen molar-refractivity contribution in [3.05, 3.63) is 35.9 Å². The molecule has 0 radical (unpaired) electrons. The van der Waals surface area contributed by atoms with Crippen molar-refractivity contribution in [1.29, 1.82) is 0 Å². The number of carbonyl (C=O) groups is 1. The highest BCUT2D eigenvalue weighted by molar-refractivity contribution is 5.83. The van der Waals surface area contributed by atoms with E-state index in [0.717, 1.165) is 12.1 Å². The van der Waals surface area contributed by atoms with Gasteiger partial charge in [-0.3, -0.25) is 4.90 Å². The highest BCUT2D eigenvalue weighted by atomic mass is 16.5. The van der Waals surface area contributed by atoms with E-state index in [9.17, 15) is 4.79 Å². The number of nitrogens with one attached hydrogen (secondary N) is 1. The van der Waals surface area contributed by atoms with E-state index in [1.54, 1.807) is 0 Å². The molecular weight excluding hydrogens is 252 g/mol. The summed E-state index contributed by atoms with van der Waals surface area (Å²) in [6.07, 6.45) is 2.45. The topological polar surface area (TPSA) is 41.6 Å². The molecule has 20 heavy (non-hydrogen) atoms. The maximum absolute atomic E-state index is 12.4. The lowest BCUT2D eigenvalue weighted by atomic mass is 9.89. The van der Waals surface area contributed by atoms with Gasteiger partial charge in [-0.2, -0.15) is 0 Å². The van der Waals surface area contributed by atoms with Crippen LogP contribution in [0.15, 0.2) is 30.3 Å². The zero-order valence-corrected chi connectivity index (χ0v) is 12.6. The largest absolute Gasteiger partial charge is 0.467 e. The first kappa shape index (κ1) is 15.0. The molecule has 1 aromatic rings. The van der Waals surface area contributed by atoms with Crippen molar-refractivity contribution < 1.29 is 9.53 Å². The lowest BCUT2D eigenvalue weighted by Gasteiger charge is -2.36. The summed E-state index contributed by atoms with van der Waals surface area (Å²) in [5.74, 6) is -0.231. The van der Waals surface area contributed by atoms with E-state index < -0.39 is 5.54 Å². The highest BCUT2D eigenvalue weighted by Gasteiger charge is 2.43. The Morgan fingerprint density at radius 2 is 2.05 bits per heavy atom. The molecule has 1 aliphatic rings. The van der Waals surface area contributed by atoms with Gasteiger partial charge in [0.25, 0.3) is 0 Å². The zero-order valence-electron chi connectivity index (χ0n) is 12.6. The minimum Gasteiger partial charge on any atom is -0.467 e. The van der Waals surface area contributed by atoms with Crippen LogP contribution in [-0.2, 0) is 15.1 Å². The molecule has 110 valence electrons. The summed E-state index contributed by atoms with van der Waals surface area (Å²) in [6.45, 7) is 3.72. The van der Waals surface area contributed by atoms with E-state index in [2.05, 4.69) is 17.1 Å². The molecule has 0 bridgehead atoms. The molecule has 1 saturated carbocycles. The van der Waals surface area contributed by atoms with Gasteiger partial charge in [-0.1, -0.05) is 37.3 Å². The maximum atomic E-state index is 12.4. The van der Waals surface area contributed by atoms with Crippen LogP contribution in [0.2, 0.25) is 0 Å². The second kappa shape index (κ2) is 6.37. The van der Waals surface area contributed by atoms with Gasteiger partial charge >= 0.3 is 5.97 Å². The first-order chi connectivity index (χ1) is 9.67. The molecule has 0 aromatic heterocycles. The van der Waals surface area contributed by atoms with E-state index in [1.165, 1.54) is 20.0 Å². The Kier molecular flexibility index (Phi) is 4.78. The van der Waals surface area contributed by atoms with Crippen molar-refractivity contribution in [3.63, 3.8) is 0 Å². The Morgan fingerprint density at radius 3 is 2.50 bits per heavy atom. The summed E-state index contributed by atoms with van der Waals surface area (Å²) in [7, 11) is 3.27. The summed E-state index contributed by atoms with van der Waals surface area (Å²) in [4.78, 5) is 14.8. The number of methoxy groups -OCH3 is 1. The van der Waals surface area contributed by atoms with Crippen LogP contribution in [0.5, 0.6) is 0 Å². The van der Waals surface area contributed by atoms with Crippen LogP contribution >= 0.6 is 0 Å². The predicted molar refractivity (Wildman–Crippen MR) is 79.5 cm³/mol. The van der Waals surface area contributed by atoms with Gasteiger partial charge in [0.1, 0.15) is 0 Å². The number of esters is 1. The average Bonchev–Trinajstić information content (AvgIpc) is 3.34. The van der Waals surface area contributed by atoms with Crippen LogP contribution < -0.4 is 5.32 Å². The van der Waals surface area contributed by atoms with Gasteiger partial charge in [-0.05, 0) is 32.0 Å². The van der Waals surface area contributed by atoms with Gasteiger partial charge in [0.2, 0.25) is 0 Å². The first-order valence-electron chi connectivity index (χ1n) is 7.24. The van der Waals surface area contributed by atoms with Crippen molar-refractivity contribution in [2.75, 3.05) is 27.2 Å². The van der Waals surface area contributed by atoms with Crippen molar-refractivity contribution in [1.82, 2.24) is 10.2 Å². The molecule has 0 aliphatic heterocycles. The predicted octanol–water partition coefficient (Wildman–Crippen LogP) is 1.76. The number of nitrogens with zero attached hydrogens (tertiary/aromatic N) is 1. The number of rotatable bonds is 7. The second-order valence-electron chi connectivity index (χ2n) is 5.31. The molecule has 0 heterocycles. The number of hydrogen-bond acceptors (Lipinski definition) is 4. The molecule has 1 fully saturated rings. The molecule has 0 saturated heterocycles. The maximum Gasteiger partial charge on any atom is 0.332 e. The smallest absolute Gasteiger partial charge is 0.332 e. The first-order valence-corrected chi connectivity index (χ1v) is 7.24.